The molecule has 0 bridgehead atoms. The van der Waals surface area contributed by atoms with Crippen LogP contribution in [0.4, 0.5) is 5.13 Å². The monoisotopic (exact) mass is 534 g/mol. The summed E-state index contributed by atoms with van der Waals surface area (Å²) >= 11 is 2.70. The minimum absolute atomic E-state index is 0.0914. The first kappa shape index (κ1) is 26.6. The van der Waals surface area contributed by atoms with Crippen LogP contribution in [0, 0.1) is 12.8 Å². The number of nitrogens with zero attached hydrogens (tertiary/aromatic N) is 4. The Morgan fingerprint density at radius 3 is 2.46 bits per heavy atom. The minimum Gasteiger partial charge on any atom is -0.342 e. The van der Waals surface area contributed by atoms with Gasteiger partial charge in [0.2, 0.25) is 5.91 Å². The average molecular weight is 535 g/mol. The lowest BCUT2D eigenvalue weighted by Gasteiger charge is -2.22. The number of aryl methyl sites for hydroxylation is 1. The zero-order valence-corrected chi connectivity index (χ0v) is 22.9. The minimum atomic E-state index is -0.323. The van der Waals surface area contributed by atoms with Crippen LogP contribution in [-0.2, 0) is 11.3 Å². The molecule has 2 aromatic carbocycles. The largest absolute Gasteiger partial charge is 0.342 e. The molecule has 2 N–H and O–H groups in total. The smallest absolute Gasteiger partial charge is 0.251 e. The lowest BCUT2D eigenvalue weighted by molar-refractivity contribution is -0.113. The zero-order chi connectivity index (χ0) is 26.4. The van der Waals surface area contributed by atoms with Crippen molar-refractivity contribution in [1.29, 1.82) is 0 Å². The van der Waals surface area contributed by atoms with Crippen LogP contribution in [0.5, 0.6) is 0 Å². The number of rotatable bonds is 10. The highest BCUT2D eigenvalue weighted by Gasteiger charge is 2.26. The lowest BCUT2D eigenvalue weighted by atomic mass is 10.0. The fourth-order valence-electron chi connectivity index (χ4n) is 3.75. The van der Waals surface area contributed by atoms with E-state index in [4.69, 9.17) is 0 Å². The maximum Gasteiger partial charge on any atom is 0.251 e. The molecule has 2 heterocycles. The van der Waals surface area contributed by atoms with E-state index in [1.807, 2.05) is 92.2 Å². The molecule has 0 saturated carbocycles. The SMILES string of the molecule is CCn1c(SCC(=O)Nc2nc(-c3ccccc3)cs2)nnc1[C@H](NC(=O)c1ccc(C)cc1)C(C)C. The van der Waals surface area contributed by atoms with Crippen LogP contribution in [0.25, 0.3) is 11.3 Å². The molecule has 0 saturated heterocycles. The van der Waals surface area contributed by atoms with Gasteiger partial charge in [0.05, 0.1) is 17.5 Å². The Morgan fingerprint density at radius 2 is 1.78 bits per heavy atom. The van der Waals surface area contributed by atoms with Gasteiger partial charge in [-0.15, -0.1) is 21.5 Å². The Morgan fingerprint density at radius 1 is 1.05 bits per heavy atom. The normalized spacial score (nSPS) is 11.9. The van der Waals surface area contributed by atoms with Gasteiger partial charge in [-0.25, -0.2) is 4.98 Å². The second-order valence-corrected chi connectivity index (χ2v) is 10.7. The molecule has 4 rings (SSSR count). The number of anilines is 1. The standard InChI is InChI=1S/C27H30N6O2S2/c1-5-33-24(23(17(2)3)30-25(35)20-13-11-18(4)12-14-20)31-32-27(33)37-16-22(34)29-26-28-21(15-36-26)19-9-7-6-8-10-19/h6-15,17,23H,5,16H2,1-4H3,(H,30,35)(H,28,29,34)/t23-/m1/s1. The number of hydrogen-bond acceptors (Lipinski definition) is 7. The highest BCUT2D eigenvalue weighted by molar-refractivity contribution is 7.99. The van der Waals surface area contributed by atoms with E-state index < -0.39 is 0 Å². The molecule has 0 aliphatic heterocycles. The summed E-state index contributed by atoms with van der Waals surface area (Å²) in [6.07, 6.45) is 0. The predicted octanol–water partition coefficient (Wildman–Crippen LogP) is 5.59. The third-order valence-electron chi connectivity index (χ3n) is 5.76. The van der Waals surface area contributed by atoms with Gasteiger partial charge in [-0.2, -0.15) is 0 Å². The van der Waals surface area contributed by atoms with Gasteiger partial charge in [0, 0.05) is 23.1 Å². The fourth-order valence-corrected chi connectivity index (χ4v) is 5.30. The second-order valence-electron chi connectivity index (χ2n) is 8.89. The Balaban J connectivity index is 1.40. The van der Waals surface area contributed by atoms with E-state index in [9.17, 15) is 9.59 Å². The molecule has 192 valence electrons. The number of thiazole rings is 1. The van der Waals surface area contributed by atoms with Crippen LogP contribution in [0.2, 0.25) is 0 Å². The van der Waals surface area contributed by atoms with Gasteiger partial charge in [-0.05, 0) is 31.9 Å². The highest BCUT2D eigenvalue weighted by Crippen LogP contribution is 2.27. The Kier molecular flexibility index (Phi) is 8.73. The molecule has 8 nitrogen and oxygen atoms in total. The summed E-state index contributed by atoms with van der Waals surface area (Å²) in [6.45, 7) is 8.67. The van der Waals surface area contributed by atoms with E-state index in [1.165, 1.54) is 23.1 Å². The van der Waals surface area contributed by atoms with Gasteiger partial charge in [0.25, 0.3) is 5.91 Å². The fraction of sp³-hybridized carbons (Fsp3) is 0.296. The van der Waals surface area contributed by atoms with Gasteiger partial charge >= 0.3 is 0 Å². The number of thioether (sulfide) groups is 1. The first-order valence-corrected chi connectivity index (χ1v) is 14.0. The van der Waals surface area contributed by atoms with Gasteiger partial charge in [-0.1, -0.05) is 73.6 Å². The van der Waals surface area contributed by atoms with Crippen molar-refractivity contribution in [2.24, 2.45) is 5.92 Å². The van der Waals surface area contributed by atoms with E-state index in [-0.39, 0.29) is 29.5 Å². The summed E-state index contributed by atoms with van der Waals surface area (Å²) in [7, 11) is 0. The maximum atomic E-state index is 12.9. The summed E-state index contributed by atoms with van der Waals surface area (Å²) in [5.74, 6) is 0.609. The molecule has 0 fully saturated rings. The molecule has 37 heavy (non-hydrogen) atoms. The summed E-state index contributed by atoms with van der Waals surface area (Å²) in [5, 5.41) is 17.8. The Hall–Kier alpha value is -3.50. The van der Waals surface area contributed by atoms with Crippen molar-refractivity contribution in [3.63, 3.8) is 0 Å². The topological polar surface area (TPSA) is 102 Å². The van der Waals surface area contributed by atoms with Crippen molar-refractivity contribution in [3.05, 3.63) is 76.9 Å². The molecule has 0 unspecified atom stereocenters. The van der Waals surface area contributed by atoms with Gasteiger partial charge in [0.1, 0.15) is 0 Å². The van der Waals surface area contributed by atoms with Crippen molar-refractivity contribution in [3.8, 4) is 11.3 Å². The van der Waals surface area contributed by atoms with Crippen molar-refractivity contribution in [2.75, 3.05) is 11.1 Å². The number of benzene rings is 2. The Labute approximate surface area is 224 Å². The summed E-state index contributed by atoms with van der Waals surface area (Å²) in [5.41, 5.74) is 3.53. The molecular formula is C27H30N6O2S2. The second kappa shape index (κ2) is 12.2. The number of hydrogen-bond donors (Lipinski definition) is 2. The molecule has 4 aromatic rings. The third kappa shape index (κ3) is 6.64. The van der Waals surface area contributed by atoms with E-state index >= 15 is 0 Å². The number of nitrogens with one attached hydrogen (secondary N) is 2. The summed E-state index contributed by atoms with van der Waals surface area (Å²) in [4.78, 5) is 30.0. The van der Waals surface area contributed by atoms with Crippen molar-refractivity contribution in [2.45, 2.75) is 45.4 Å². The molecule has 1 atom stereocenters. The van der Waals surface area contributed by atoms with Gasteiger partial charge in [-0.3, -0.25) is 9.59 Å². The summed E-state index contributed by atoms with van der Waals surface area (Å²) in [6, 6.07) is 17.0. The average Bonchev–Trinajstić information content (AvgIpc) is 3.53. The van der Waals surface area contributed by atoms with Crippen LogP contribution in [0.3, 0.4) is 0 Å². The van der Waals surface area contributed by atoms with Crippen LogP contribution in [0.1, 0.15) is 48.6 Å². The number of carbonyl (C=O) groups excluding carboxylic acids is 2. The van der Waals surface area contributed by atoms with Crippen LogP contribution < -0.4 is 10.6 Å². The number of amides is 2. The predicted molar refractivity (Wildman–Crippen MR) is 149 cm³/mol. The van der Waals surface area contributed by atoms with Crippen LogP contribution in [0.15, 0.2) is 65.1 Å². The zero-order valence-electron chi connectivity index (χ0n) is 21.3. The quantitative estimate of drug-likeness (QED) is 0.257. The molecule has 0 spiro atoms. The molecule has 0 aliphatic rings. The number of carbonyl (C=O) groups is 2. The molecule has 0 aliphatic carbocycles. The molecular weight excluding hydrogens is 504 g/mol. The first-order chi connectivity index (χ1) is 17.9. The van der Waals surface area contributed by atoms with Gasteiger partial charge in [0.15, 0.2) is 16.1 Å². The van der Waals surface area contributed by atoms with Crippen molar-refractivity contribution in [1.82, 2.24) is 25.1 Å². The highest BCUT2D eigenvalue weighted by atomic mass is 32.2. The maximum absolute atomic E-state index is 12.9. The molecule has 2 aromatic heterocycles. The molecule has 2 amide bonds. The van der Waals surface area contributed by atoms with E-state index in [2.05, 4.69) is 25.8 Å². The Bertz CT molecular complexity index is 1350. The number of aromatic nitrogens is 4. The van der Waals surface area contributed by atoms with Crippen molar-refractivity contribution < 1.29 is 9.59 Å². The van der Waals surface area contributed by atoms with Crippen LogP contribution in [-0.4, -0.2) is 37.3 Å². The molecule has 10 heteroatoms. The first-order valence-electron chi connectivity index (χ1n) is 12.1. The van der Waals surface area contributed by atoms with E-state index in [1.54, 1.807) is 0 Å². The molecule has 0 radical (unpaired) electrons. The van der Waals surface area contributed by atoms with E-state index in [0.717, 1.165) is 16.8 Å². The van der Waals surface area contributed by atoms with Gasteiger partial charge < -0.3 is 15.2 Å². The summed E-state index contributed by atoms with van der Waals surface area (Å²) < 4.78 is 1.95. The van der Waals surface area contributed by atoms with Crippen LogP contribution >= 0.6 is 23.1 Å². The lowest BCUT2D eigenvalue weighted by Crippen LogP contribution is -2.33. The third-order valence-corrected chi connectivity index (χ3v) is 7.48. The van der Waals surface area contributed by atoms with E-state index in [0.29, 0.717) is 28.2 Å². The van der Waals surface area contributed by atoms with Crippen molar-refractivity contribution >= 4 is 40.0 Å².